The highest BCUT2D eigenvalue weighted by atomic mass is 35.5. The van der Waals surface area contributed by atoms with Crippen molar-refractivity contribution in [1.82, 2.24) is 25.1 Å². The predicted molar refractivity (Wildman–Crippen MR) is 101 cm³/mol. The van der Waals surface area contributed by atoms with Crippen LogP contribution in [0, 0.1) is 6.92 Å². The van der Waals surface area contributed by atoms with E-state index in [1.165, 1.54) is 11.2 Å². The van der Waals surface area contributed by atoms with Crippen LogP contribution in [0.15, 0.2) is 36.8 Å². The van der Waals surface area contributed by atoms with Crippen LogP contribution in [0.1, 0.15) is 22.9 Å². The highest BCUT2D eigenvalue weighted by Crippen LogP contribution is 2.32. The van der Waals surface area contributed by atoms with Crippen LogP contribution in [-0.4, -0.2) is 25.1 Å². The summed E-state index contributed by atoms with van der Waals surface area (Å²) in [5.74, 6) is 0.743. The number of nitrogens with one attached hydrogen (secondary N) is 2. The van der Waals surface area contributed by atoms with Crippen LogP contribution in [0.4, 0.5) is 5.82 Å². The van der Waals surface area contributed by atoms with Gasteiger partial charge in [-0.05, 0) is 26.0 Å². The minimum Gasteiger partial charge on any atom is -0.360 e. The van der Waals surface area contributed by atoms with Crippen LogP contribution < -0.4 is 5.32 Å². The van der Waals surface area contributed by atoms with Crippen LogP contribution in [0.3, 0.4) is 0 Å². The molecular formula is C17H15ClN6S. The highest BCUT2D eigenvalue weighted by molar-refractivity contribution is 7.12. The number of benzene rings is 1. The molecule has 25 heavy (non-hydrogen) atoms. The lowest BCUT2D eigenvalue weighted by Gasteiger charge is -2.12. The molecule has 0 aliphatic carbocycles. The maximum absolute atomic E-state index is 5.98. The van der Waals surface area contributed by atoms with Gasteiger partial charge in [0.15, 0.2) is 5.65 Å². The molecule has 0 amide bonds. The summed E-state index contributed by atoms with van der Waals surface area (Å²) in [5, 5.41) is 12.8. The number of H-pyrrole nitrogens is 1. The Kier molecular flexibility index (Phi) is 4.10. The van der Waals surface area contributed by atoms with Crippen LogP contribution >= 0.6 is 22.9 Å². The van der Waals surface area contributed by atoms with E-state index in [4.69, 9.17) is 16.6 Å². The second kappa shape index (κ2) is 6.42. The van der Waals surface area contributed by atoms with Gasteiger partial charge < -0.3 is 5.32 Å². The monoisotopic (exact) mass is 370 g/mol. The molecule has 3 aromatic heterocycles. The van der Waals surface area contributed by atoms with Crippen molar-refractivity contribution in [2.24, 2.45) is 0 Å². The number of anilines is 1. The molecule has 1 atom stereocenters. The third-order valence-electron chi connectivity index (χ3n) is 3.90. The van der Waals surface area contributed by atoms with Crippen molar-refractivity contribution >= 4 is 39.8 Å². The van der Waals surface area contributed by atoms with Crippen LogP contribution in [0.25, 0.3) is 22.3 Å². The molecule has 6 nitrogen and oxygen atoms in total. The number of hydrogen-bond acceptors (Lipinski definition) is 6. The summed E-state index contributed by atoms with van der Waals surface area (Å²) in [6, 6.07) is 7.76. The summed E-state index contributed by atoms with van der Waals surface area (Å²) in [5.41, 5.74) is 2.76. The Morgan fingerprint density at radius 3 is 2.80 bits per heavy atom. The Morgan fingerprint density at radius 2 is 2.00 bits per heavy atom. The minimum atomic E-state index is 0.0118. The lowest BCUT2D eigenvalue weighted by atomic mass is 10.1. The molecular weight excluding hydrogens is 356 g/mol. The Bertz CT molecular complexity index is 1020. The fourth-order valence-electron chi connectivity index (χ4n) is 2.62. The van der Waals surface area contributed by atoms with E-state index < -0.39 is 0 Å². The van der Waals surface area contributed by atoms with Gasteiger partial charge in [-0.15, -0.1) is 11.3 Å². The molecule has 0 bridgehead atoms. The number of aromatic nitrogens is 5. The van der Waals surface area contributed by atoms with Crippen molar-refractivity contribution in [2.45, 2.75) is 19.9 Å². The van der Waals surface area contributed by atoms with Gasteiger partial charge in [0.1, 0.15) is 17.2 Å². The van der Waals surface area contributed by atoms with Crippen molar-refractivity contribution < 1.29 is 0 Å². The van der Waals surface area contributed by atoms with Gasteiger partial charge >= 0.3 is 0 Å². The average Bonchev–Trinajstić information content (AvgIpc) is 3.23. The van der Waals surface area contributed by atoms with E-state index in [2.05, 4.69) is 39.3 Å². The Morgan fingerprint density at radius 1 is 1.20 bits per heavy atom. The third-order valence-corrected chi connectivity index (χ3v) is 5.31. The molecule has 0 aliphatic heterocycles. The number of halogens is 1. The zero-order chi connectivity index (χ0) is 17.4. The van der Waals surface area contributed by atoms with Crippen LogP contribution in [-0.2, 0) is 0 Å². The molecule has 0 saturated heterocycles. The fourth-order valence-corrected chi connectivity index (χ4v) is 3.70. The van der Waals surface area contributed by atoms with Gasteiger partial charge in [-0.25, -0.2) is 15.0 Å². The average molecular weight is 371 g/mol. The molecule has 3 heterocycles. The molecule has 0 fully saturated rings. The fraction of sp³-hybridized carbons (Fsp3) is 0.176. The van der Waals surface area contributed by atoms with E-state index in [0.717, 1.165) is 32.5 Å². The van der Waals surface area contributed by atoms with E-state index >= 15 is 0 Å². The predicted octanol–water partition coefficient (Wildman–Crippen LogP) is 4.61. The van der Waals surface area contributed by atoms with Crippen LogP contribution in [0.5, 0.6) is 0 Å². The molecule has 0 spiro atoms. The third kappa shape index (κ3) is 3.08. The first kappa shape index (κ1) is 16.0. The van der Waals surface area contributed by atoms with Gasteiger partial charge in [-0.2, -0.15) is 5.10 Å². The SMILES string of the molecule is Cc1sc([C@@H](C)Nc2ncnc3[nH]ncc23)nc1-c1ccc(Cl)cc1. The minimum absolute atomic E-state index is 0.0118. The topological polar surface area (TPSA) is 79.4 Å². The molecule has 4 aromatic rings. The number of nitrogens with zero attached hydrogens (tertiary/aromatic N) is 4. The molecule has 0 saturated carbocycles. The smallest absolute Gasteiger partial charge is 0.160 e. The molecule has 2 N–H and O–H groups in total. The maximum Gasteiger partial charge on any atom is 0.160 e. The molecule has 4 rings (SSSR count). The Balaban J connectivity index is 1.62. The second-order valence-corrected chi connectivity index (χ2v) is 7.36. The zero-order valence-corrected chi connectivity index (χ0v) is 15.2. The highest BCUT2D eigenvalue weighted by Gasteiger charge is 2.16. The van der Waals surface area contributed by atoms with Crippen molar-refractivity contribution in [3.63, 3.8) is 0 Å². The summed E-state index contributed by atoms with van der Waals surface area (Å²) in [6.45, 7) is 4.15. The van der Waals surface area contributed by atoms with Crippen LogP contribution in [0.2, 0.25) is 5.02 Å². The van der Waals surface area contributed by atoms with Gasteiger partial charge in [-0.1, -0.05) is 23.7 Å². The first-order chi connectivity index (χ1) is 12.1. The van der Waals surface area contributed by atoms with Crippen molar-refractivity contribution in [3.8, 4) is 11.3 Å². The maximum atomic E-state index is 5.98. The largest absolute Gasteiger partial charge is 0.360 e. The van der Waals surface area contributed by atoms with E-state index in [9.17, 15) is 0 Å². The summed E-state index contributed by atoms with van der Waals surface area (Å²) < 4.78 is 0. The number of rotatable bonds is 4. The van der Waals surface area contributed by atoms with Gasteiger partial charge in [0.25, 0.3) is 0 Å². The summed E-state index contributed by atoms with van der Waals surface area (Å²) in [4.78, 5) is 14.5. The number of aromatic amines is 1. The quantitative estimate of drug-likeness (QED) is 0.548. The first-order valence-corrected chi connectivity index (χ1v) is 8.95. The Hall–Kier alpha value is -2.51. The van der Waals surface area contributed by atoms with Gasteiger partial charge in [-0.3, -0.25) is 5.10 Å². The number of fused-ring (bicyclic) bond motifs is 1. The standard InChI is InChI=1S/C17H15ClN6S/c1-9(22-15-13-7-21-24-16(13)20-8-19-15)17-23-14(10(2)25-17)11-3-5-12(18)6-4-11/h3-9H,1-2H3,(H2,19,20,21,22,24)/t9-/m1/s1. The second-order valence-electron chi connectivity index (χ2n) is 5.68. The summed E-state index contributed by atoms with van der Waals surface area (Å²) in [7, 11) is 0. The Labute approximate surface area is 153 Å². The molecule has 0 unspecified atom stereocenters. The van der Waals surface area contributed by atoms with E-state index in [1.54, 1.807) is 17.5 Å². The van der Waals surface area contributed by atoms with E-state index in [-0.39, 0.29) is 6.04 Å². The van der Waals surface area contributed by atoms with E-state index in [0.29, 0.717) is 5.65 Å². The number of hydrogen-bond donors (Lipinski definition) is 2. The number of aryl methyl sites for hydroxylation is 1. The first-order valence-electron chi connectivity index (χ1n) is 7.75. The molecule has 0 aliphatic rings. The van der Waals surface area contributed by atoms with E-state index in [1.807, 2.05) is 24.3 Å². The van der Waals surface area contributed by atoms with Crippen molar-refractivity contribution in [2.75, 3.05) is 5.32 Å². The number of thiazole rings is 1. The van der Waals surface area contributed by atoms with Crippen molar-refractivity contribution in [1.29, 1.82) is 0 Å². The lowest BCUT2D eigenvalue weighted by Crippen LogP contribution is -2.08. The van der Waals surface area contributed by atoms with Gasteiger partial charge in [0, 0.05) is 15.5 Å². The molecule has 0 radical (unpaired) electrons. The zero-order valence-electron chi connectivity index (χ0n) is 13.6. The normalized spacial score (nSPS) is 12.4. The van der Waals surface area contributed by atoms with Crippen molar-refractivity contribution in [3.05, 3.63) is 51.7 Å². The van der Waals surface area contributed by atoms with Gasteiger partial charge in [0.2, 0.25) is 0 Å². The summed E-state index contributed by atoms with van der Waals surface area (Å²) >= 11 is 7.65. The lowest BCUT2D eigenvalue weighted by molar-refractivity contribution is 0.863. The van der Waals surface area contributed by atoms with Gasteiger partial charge in [0.05, 0.1) is 23.3 Å². The molecule has 126 valence electrons. The molecule has 8 heteroatoms. The molecule has 1 aromatic carbocycles. The summed E-state index contributed by atoms with van der Waals surface area (Å²) in [6.07, 6.45) is 3.23.